The molecular weight excluding hydrogens is 358 g/mol. The summed E-state index contributed by atoms with van der Waals surface area (Å²) in [5.41, 5.74) is 8.60. The van der Waals surface area contributed by atoms with E-state index in [4.69, 9.17) is 0 Å². The summed E-state index contributed by atoms with van der Waals surface area (Å²) in [5.74, 6) is 0.428. The summed E-state index contributed by atoms with van der Waals surface area (Å²) in [6.07, 6.45) is 0. The van der Waals surface area contributed by atoms with Gasteiger partial charge in [0.25, 0.3) is 0 Å². The van der Waals surface area contributed by atoms with E-state index in [-0.39, 0.29) is 10.8 Å². The highest BCUT2D eigenvalue weighted by Gasteiger charge is 2.35. The van der Waals surface area contributed by atoms with Crippen LogP contribution in [0.5, 0.6) is 5.75 Å². The molecule has 0 saturated carbocycles. The third-order valence-corrected chi connectivity index (χ3v) is 10.1. The molecule has 0 spiro atoms. The van der Waals surface area contributed by atoms with E-state index in [0.29, 0.717) is 11.3 Å². The molecular formula is C25H41NOSi. The minimum atomic E-state index is -1.71. The van der Waals surface area contributed by atoms with Gasteiger partial charge in [-0.25, -0.2) is 0 Å². The van der Waals surface area contributed by atoms with Gasteiger partial charge in [0.15, 0.2) is 0 Å². The van der Waals surface area contributed by atoms with Crippen molar-refractivity contribution in [2.45, 2.75) is 77.9 Å². The number of phenols is 1. The molecule has 0 fully saturated rings. The van der Waals surface area contributed by atoms with Crippen molar-refractivity contribution in [1.82, 2.24) is 0 Å². The topological polar surface area (TPSA) is 46.2 Å². The monoisotopic (exact) mass is 399 g/mol. The summed E-state index contributed by atoms with van der Waals surface area (Å²) in [6, 6.07) is 15.3. The van der Waals surface area contributed by atoms with Gasteiger partial charge < -0.3 is 10.8 Å². The van der Waals surface area contributed by atoms with E-state index < -0.39 is 8.07 Å². The smallest absolute Gasteiger partial charge is 0.119 e. The molecule has 0 heterocycles. The first-order chi connectivity index (χ1) is 12.8. The van der Waals surface area contributed by atoms with Crippen molar-refractivity contribution < 1.29 is 5.11 Å². The predicted octanol–water partition coefficient (Wildman–Crippen LogP) is 5.82. The molecule has 2 aromatic rings. The van der Waals surface area contributed by atoms with E-state index in [2.05, 4.69) is 104 Å². The molecule has 1 atom stereocenters. The van der Waals surface area contributed by atoms with Gasteiger partial charge in [0, 0.05) is 0 Å². The van der Waals surface area contributed by atoms with Gasteiger partial charge in [0.05, 0.1) is 8.07 Å². The zero-order valence-electron chi connectivity index (χ0n) is 19.6. The maximum atomic E-state index is 10.7. The zero-order chi connectivity index (χ0) is 21.9. The van der Waals surface area contributed by atoms with Crippen molar-refractivity contribution in [3.63, 3.8) is 0 Å². The van der Waals surface area contributed by atoms with Crippen molar-refractivity contribution in [2.24, 2.45) is 5.73 Å². The van der Waals surface area contributed by atoms with Crippen LogP contribution in [0.1, 0.15) is 70.7 Å². The predicted molar refractivity (Wildman–Crippen MR) is 128 cm³/mol. The number of benzene rings is 2. The minimum Gasteiger partial charge on any atom is -0.508 e. The molecule has 2 nitrogen and oxygen atoms in total. The van der Waals surface area contributed by atoms with Crippen LogP contribution in [-0.4, -0.2) is 20.2 Å². The highest BCUT2D eigenvalue weighted by Crippen LogP contribution is 2.41. The fourth-order valence-electron chi connectivity index (χ4n) is 3.72. The van der Waals surface area contributed by atoms with Crippen LogP contribution in [0, 0.1) is 0 Å². The van der Waals surface area contributed by atoms with Crippen LogP contribution in [-0.2, 0) is 10.8 Å². The summed E-state index contributed by atoms with van der Waals surface area (Å²) >= 11 is 0. The third kappa shape index (κ3) is 5.27. The Morgan fingerprint density at radius 3 is 1.71 bits per heavy atom. The third-order valence-electron chi connectivity index (χ3n) is 5.85. The summed E-state index contributed by atoms with van der Waals surface area (Å²) in [6.45, 7) is 20.6. The van der Waals surface area contributed by atoms with Crippen LogP contribution in [0.2, 0.25) is 13.1 Å². The lowest BCUT2D eigenvalue weighted by Crippen LogP contribution is -2.47. The molecule has 0 saturated heterocycles. The average Bonchev–Trinajstić information content (AvgIpc) is 2.61. The Kier molecular flexibility index (Phi) is 7.72. The van der Waals surface area contributed by atoms with Gasteiger partial charge in [0.2, 0.25) is 0 Å². The van der Waals surface area contributed by atoms with Crippen molar-refractivity contribution in [3.05, 3.63) is 59.2 Å². The SMILES string of the molecule is CC(c1cc(C(C)(C)C)c(O)cc1C(C)(C)C)[Si](C)(C)c1ccccc1.CN. The fourth-order valence-corrected chi connectivity index (χ4v) is 6.29. The molecule has 0 aliphatic heterocycles. The van der Waals surface area contributed by atoms with Crippen LogP contribution in [0.4, 0.5) is 0 Å². The van der Waals surface area contributed by atoms with Crippen LogP contribution >= 0.6 is 0 Å². The Hall–Kier alpha value is -1.58. The average molecular weight is 400 g/mol. The Morgan fingerprint density at radius 2 is 1.29 bits per heavy atom. The molecule has 1 unspecified atom stereocenters. The number of aromatic hydroxyl groups is 1. The quantitative estimate of drug-likeness (QED) is 0.639. The number of nitrogens with two attached hydrogens (primary N) is 1. The molecule has 0 aliphatic rings. The van der Waals surface area contributed by atoms with Gasteiger partial charge in [0.1, 0.15) is 5.75 Å². The van der Waals surface area contributed by atoms with Crippen molar-refractivity contribution in [2.75, 3.05) is 7.05 Å². The summed E-state index contributed by atoms with van der Waals surface area (Å²) in [4.78, 5) is 0. The maximum absolute atomic E-state index is 10.7. The van der Waals surface area contributed by atoms with Crippen LogP contribution in [0.15, 0.2) is 42.5 Å². The van der Waals surface area contributed by atoms with Gasteiger partial charge in [-0.1, -0.05) is 103 Å². The number of hydrogen-bond donors (Lipinski definition) is 2. The highest BCUT2D eigenvalue weighted by atomic mass is 28.3. The number of phenolic OH excluding ortho intramolecular Hbond substituents is 1. The molecule has 2 aromatic carbocycles. The largest absolute Gasteiger partial charge is 0.508 e. The Labute approximate surface area is 174 Å². The Morgan fingerprint density at radius 1 is 0.821 bits per heavy atom. The summed E-state index contributed by atoms with van der Waals surface area (Å²) < 4.78 is 0. The lowest BCUT2D eigenvalue weighted by atomic mass is 9.78. The lowest BCUT2D eigenvalue weighted by Gasteiger charge is -2.36. The first kappa shape index (κ1) is 24.5. The van der Waals surface area contributed by atoms with Crippen molar-refractivity contribution in [3.8, 4) is 5.75 Å². The first-order valence-electron chi connectivity index (χ1n) is 10.3. The van der Waals surface area contributed by atoms with E-state index in [9.17, 15) is 5.11 Å². The molecule has 0 aliphatic carbocycles. The van der Waals surface area contributed by atoms with E-state index >= 15 is 0 Å². The van der Waals surface area contributed by atoms with Crippen LogP contribution in [0.3, 0.4) is 0 Å². The van der Waals surface area contributed by atoms with E-state index in [1.54, 1.807) is 0 Å². The van der Waals surface area contributed by atoms with E-state index in [1.807, 2.05) is 6.07 Å². The van der Waals surface area contributed by atoms with Crippen molar-refractivity contribution in [1.29, 1.82) is 0 Å². The second-order valence-corrected chi connectivity index (χ2v) is 15.2. The summed E-state index contributed by atoms with van der Waals surface area (Å²) in [7, 11) is -0.215. The van der Waals surface area contributed by atoms with Crippen LogP contribution in [0.25, 0.3) is 0 Å². The Bertz CT molecular complexity index is 768. The van der Waals surface area contributed by atoms with Gasteiger partial charge >= 0.3 is 0 Å². The molecule has 156 valence electrons. The summed E-state index contributed by atoms with van der Waals surface area (Å²) in [5, 5.41) is 12.2. The van der Waals surface area contributed by atoms with E-state index in [0.717, 1.165) is 5.56 Å². The fraction of sp³-hybridized carbons (Fsp3) is 0.520. The highest BCUT2D eigenvalue weighted by molar-refractivity contribution is 6.90. The van der Waals surface area contributed by atoms with E-state index in [1.165, 1.54) is 23.4 Å². The molecule has 0 amide bonds. The lowest BCUT2D eigenvalue weighted by molar-refractivity contribution is 0.442. The van der Waals surface area contributed by atoms with Gasteiger partial charge in [-0.3, -0.25) is 0 Å². The van der Waals surface area contributed by atoms with Crippen LogP contribution < -0.4 is 10.9 Å². The zero-order valence-corrected chi connectivity index (χ0v) is 20.6. The van der Waals surface area contributed by atoms with Gasteiger partial charge in [-0.15, -0.1) is 0 Å². The molecule has 28 heavy (non-hydrogen) atoms. The van der Waals surface area contributed by atoms with Gasteiger partial charge in [-0.2, -0.15) is 0 Å². The molecule has 0 aromatic heterocycles. The second kappa shape index (κ2) is 8.83. The first-order valence-corrected chi connectivity index (χ1v) is 13.3. The minimum absolute atomic E-state index is 0.00133. The molecule has 2 rings (SSSR count). The number of rotatable bonds is 3. The molecule has 3 heteroatoms. The van der Waals surface area contributed by atoms with Gasteiger partial charge in [-0.05, 0) is 46.2 Å². The number of hydrogen-bond acceptors (Lipinski definition) is 2. The maximum Gasteiger partial charge on any atom is 0.119 e. The second-order valence-electron chi connectivity index (χ2n) is 10.3. The molecule has 3 N–H and O–H groups in total. The van der Waals surface area contributed by atoms with Crippen molar-refractivity contribution >= 4 is 13.3 Å². The molecule has 0 radical (unpaired) electrons. The standard InChI is InChI=1S/C24H36OSi.CH5N/c1-17(26(8,9)18-13-11-10-12-14-18)19-15-21(24(5,6)7)22(25)16-20(19)23(2,3)4;1-2/h10-17,25H,1-9H3;2H2,1H3. The Balaban J connectivity index is 0.00000190. The molecule has 0 bridgehead atoms. The normalized spacial score (nSPS) is 13.5.